The number of nitrogens with one attached hydrogen (secondary N) is 2. The first kappa shape index (κ1) is 21.4. The second-order valence-electron chi connectivity index (χ2n) is 7.69. The van der Waals surface area contributed by atoms with Crippen LogP contribution in [-0.4, -0.2) is 33.7 Å². The van der Waals surface area contributed by atoms with Crippen LogP contribution in [0.4, 0.5) is 5.82 Å². The van der Waals surface area contributed by atoms with Gasteiger partial charge in [-0.15, -0.1) is 0 Å². The zero-order valence-corrected chi connectivity index (χ0v) is 17.8. The first-order chi connectivity index (χ1) is 14.3. The monoisotopic (exact) mass is 408 g/mol. The smallest absolute Gasteiger partial charge is 0.227 e. The lowest BCUT2D eigenvalue weighted by Crippen LogP contribution is -2.33. The Hall–Kier alpha value is -3.35. The van der Waals surface area contributed by atoms with Crippen LogP contribution < -0.4 is 15.4 Å². The lowest BCUT2D eigenvalue weighted by molar-refractivity contribution is -0.120. The van der Waals surface area contributed by atoms with E-state index in [9.17, 15) is 9.59 Å². The molecule has 7 heteroatoms. The molecule has 1 unspecified atom stereocenters. The summed E-state index contributed by atoms with van der Waals surface area (Å²) in [6.45, 7) is 7.76. The molecule has 0 fully saturated rings. The minimum Gasteiger partial charge on any atom is -0.491 e. The van der Waals surface area contributed by atoms with Crippen LogP contribution in [0.3, 0.4) is 0 Å². The Morgan fingerprint density at radius 3 is 2.50 bits per heavy atom. The van der Waals surface area contributed by atoms with Gasteiger partial charge in [-0.05, 0) is 38.5 Å². The Bertz CT molecular complexity index is 1030. The summed E-state index contributed by atoms with van der Waals surface area (Å²) in [5.41, 5.74) is 1.98. The molecule has 30 heavy (non-hydrogen) atoms. The van der Waals surface area contributed by atoms with Gasteiger partial charge in [-0.2, -0.15) is 5.10 Å². The summed E-state index contributed by atoms with van der Waals surface area (Å²) in [6, 6.07) is 15.5. The van der Waals surface area contributed by atoms with Crippen LogP contribution in [0.5, 0.6) is 5.75 Å². The molecule has 0 aliphatic carbocycles. The van der Waals surface area contributed by atoms with E-state index in [4.69, 9.17) is 4.74 Å². The van der Waals surface area contributed by atoms with Crippen LogP contribution >= 0.6 is 0 Å². The standard InChI is InChI=1S/C23H28N4O3/c1-15(2)30-19-10-11-20-21(13-19)27(14-18-8-6-5-7-9-18)26-23(20)25-22(29)12-16(3)24-17(4)28/h5-11,13,15-16H,12,14H2,1-4H3,(H,24,28)(H,25,26,29). The molecule has 0 spiro atoms. The van der Waals surface area contributed by atoms with Gasteiger partial charge in [0, 0.05) is 30.8 Å². The second-order valence-corrected chi connectivity index (χ2v) is 7.69. The maximum Gasteiger partial charge on any atom is 0.227 e. The third kappa shape index (κ3) is 5.59. The summed E-state index contributed by atoms with van der Waals surface area (Å²) in [7, 11) is 0. The first-order valence-corrected chi connectivity index (χ1v) is 10.1. The molecular weight excluding hydrogens is 380 g/mol. The van der Waals surface area contributed by atoms with Gasteiger partial charge >= 0.3 is 0 Å². The number of aromatic nitrogens is 2. The van der Waals surface area contributed by atoms with Gasteiger partial charge in [0.2, 0.25) is 11.8 Å². The number of anilines is 1. The summed E-state index contributed by atoms with van der Waals surface area (Å²) in [5, 5.41) is 11.1. The third-order valence-corrected chi connectivity index (χ3v) is 4.47. The molecule has 1 heterocycles. The Morgan fingerprint density at radius 2 is 1.83 bits per heavy atom. The zero-order valence-electron chi connectivity index (χ0n) is 17.8. The highest BCUT2D eigenvalue weighted by molar-refractivity contribution is 6.00. The maximum absolute atomic E-state index is 12.5. The van der Waals surface area contributed by atoms with Crippen LogP contribution in [0.2, 0.25) is 0 Å². The fourth-order valence-corrected chi connectivity index (χ4v) is 3.33. The fourth-order valence-electron chi connectivity index (χ4n) is 3.33. The minimum atomic E-state index is -0.258. The van der Waals surface area contributed by atoms with E-state index in [0.717, 1.165) is 22.2 Å². The lowest BCUT2D eigenvalue weighted by atomic mass is 10.2. The molecule has 3 rings (SSSR count). The molecule has 0 radical (unpaired) electrons. The normalized spacial score (nSPS) is 12.0. The molecule has 158 valence electrons. The predicted octanol–water partition coefficient (Wildman–Crippen LogP) is 3.73. The Kier molecular flexibility index (Phi) is 6.72. The average molecular weight is 409 g/mol. The molecule has 0 bridgehead atoms. The van der Waals surface area contributed by atoms with E-state index in [0.29, 0.717) is 12.4 Å². The summed E-state index contributed by atoms with van der Waals surface area (Å²) < 4.78 is 7.70. The van der Waals surface area contributed by atoms with Gasteiger partial charge in [0.1, 0.15) is 5.75 Å². The molecule has 0 saturated carbocycles. The number of benzene rings is 2. The van der Waals surface area contributed by atoms with Crippen molar-refractivity contribution in [1.29, 1.82) is 0 Å². The van der Waals surface area contributed by atoms with Gasteiger partial charge in [-0.25, -0.2) is 0 Å². The summed E-state index contributed by atoms with van der Waals surface area (Å²) >= 11 is 0. The molecule has 2 aromatic carbocycles. The van der Waals surface area contributed by atoms with Crippen LogP contribution in [0, 0.1) is 0 Å². The predicted molar refractivity (Wildman–Crippen MR) is 118 cm³/mol. The van der Waals surface area contributed by atoms with Crippen molar-refractivity contribution in [3.63, 3.8) is 0 Å². The molecule has 2 N–H and O–H groups in total. The molecule has 0 saturated heterocycles. The zero-order chi connectivity index (χ0) is 21.7. The van der Waals surface area contributed by atoms with Crippen molar-refractivity contribution in [2.24, 2.45) is 0 Å². The van der Waals surface area contributed by atoms with Crippen molar-refractivity contribution >= 4 is 28.5 Å². The van der Waals surface area contributed by atoms with Gasteiger partial charge in [0.15, 0.2) is 5.82 Å². The highest BCUT2D eigenvalue weighted by Crippen LogP contribution is 2.28. The third-order valence-electron chi connectivity index (χ3n) is 4.47. The van der Waals surface area contributed by atoms with E-state index in [1.165, 1.54) is 6.92 Å². The van der Waals surface area contributed by atoms with Gasteiger partial charge in [-0.3, -0.25) is 14.3 Å². The quantitative estimate of drug-likeness (QED) is 0.595. The average Bonchev–Trinajstić information content (AvgIpc) is 2.97. The molecule has 0 aliphatic rings. The van der Waals surface area contributed by atoms with Gasteiger partial charge in [0.05, 0.1) is 18.2 Å². The number of carbonyl (C=O) groups excluding carboxylic acids is 2. The SMILES string of the molecule is CC(=O)NC(C)CC(=O)Nc1nn(Cc2ccccc2)c2cc(OC(C)C)ccc12. The number of fused-ring (bicyclic) bond motifs is 1. The van der Waals surface area contributed by atoms with Gasteiger partial charge < -0.3 is 15.4 Å². The number of hydrogen-bond donors (Lipinski definition) is 2. The van der Waals surface area contributed by atoms with Crippen LogP contribution in [0.15, 0.2) is 48.5 Å². The molecule has 3 aromatic rings. The van der Waals surface area contributed by atoms with Crippen LogP contribution in [-0.2, 0) is 16.1 Å². The van der Waals surface area contributed by atoms with Crippen LogP contribution in [0.1, 0.15) is 39.7 Å². The number of carbonyl (C=O) groups is 2. The van der Waals surface area contributed by atoms with E-state index in [1.54, 1.807) is 6.92 Å². The largest absolute Gasteiger partial charge is 0.491 e. The molecule has 7 nitrogen and oxygen atoms in total. The molecule has 1 aromatic heterocycles. The van der Waals surface area contributed by atoms with Crippen LogP contribution in [0.25, 0.3) is 10.9 Å². The topological polar surface area (TPSA) is 85.3 Å². The Balaban J connectivity index is 1.89. The number of amides is 2. The molecular formula is C23H28N4O3. The first-order valence-electron chi connectivity index (χ1n) is 10.1. The van der Waals surface area contributed by atoms with E-state index in [2.05, 4.69) is 15.7 Å². The second kappa shape index (κ2) is 9.43. The lowest BCUT2D eigenvalue weighted by Gasteiger charge is -2.11. The van der Waals surface area contributed by atoms with Gasteiger partial charge in [-0.1, -0.05) is 30.3 Å². The summed E-state index contributed by atoms with van der Waals surface area (Å²) in [6.07, 6.45) is 0.226. The number of hydrogen-bond acceptors (Lipinski definition) is 4. The van der Waals surface area contributed by atoms with E-state index in [-0.39, 0.29) is 30.4 Å². The molecule has 2 amide bonds. The van der Waals surface area contributed by atoms with Crippen molar-refractivity contribution < 1.29 is 14.3 Å². The van der Waals surface area contributed by atoms with E-state index < -0.39 is 0 Å². The van der Waals surface area contributed by atoms with Crippen molar-refractivity contribution in [2.75, 3.05) is 5.32 Å². The molecule has 0 aliphatic heterocycles. The fraction of sp³-hybridized carbons (Fsp3) is 0.348. The highest BCUT2D eigenvalue weighted by Gasteiger charge is 2.16. The molecule has 1 atom stereocenters. The highest BCUT2D eigenvalue weighted by atomic mass is 16.5. The summed E-state index contributed by atoms with van der Waals surface area (Å²) in [5.74, 6) is 0.886. The number of rotatable bonds is 8. The number of nitrogens with zero attached hydrogens (tertiary/aromatic N) is 2. The Labute approximate surface area is 176 Å². The van der Waals surface area contributed by atoms with Crippen molar-refractivity contribution in [3.8, 4) is 5.75 Å². The maximum atomic E-state index is 12.5. The Morgan fingerprint density at radius 1 is 1.10 bits per heavy atom. The van der Waals surface area contributed by atoms with E-state index in [1.807, 2.05) is 67.1 Å². The van der Waals surface area contributed by atoms with Crippen molar-refractivity contribution in [3.05, 3.63) is 54.1 Å². The summed E-state index contributed by atoms with van der Waals surface area (Å²) in [4.78, 5) is 23.7. The van der Waals surface area contributed by atoms with Crippen molar-refractivity contribution in [2.45, 2.75) is 52.8 Å². The van der Waals surface area contributed by atoms with E-state index >= 15 is 0 Å². The number of ether oxygens (including phenoxy) is 1. The minimum absolute atomic E-state index is 0.0578. The van der Waals surface area contributed by atoms with Gasteiger partial charge in [0.25, 0.3) is 0 Å². The van der Waals surface area contributed by atoms with Crippen molar-refractivity contribution in [1.82, 2.24) is 15.1 Å².